The molecule has 0 saturated heterocycles. The van der Waals surface area contributed by atoms with Gasteiger partial charge in [0.05, 0.1) is 22.9 Å². The summed E-state index contributed by atoms with van der Waals surface area (Å²) < 4.78 is 7.60. The number of benzene rings is 1. The van der Waals surface area contributed by atoms with Gasteiger partial charge < -0.3 is 9.73 Å². The molecule has 0 unspecified atom stereocenters. The van der Waals surface area contributed by atoms with E-state index in [0.717, 1.165) is 25.7 Å². The van der Waals surface area contributed by atoms with Gasteiger partial charge in [0.1, 0.15) is 5.52 Å². The third kappa shape index (κ3) is 2.88. The highest BCUT2D eigenvalue weighted by Crippen LogP contribution is 2.20. The average molecular weight is 386 g/mol. The first-order valence-corrected chi connectivity index (χ1v) is 7.24. The van der Waals surface area contributed by atoms with Crippen molar-refractivity contribution in [1.82, 2.24) is 20.5 Å². The van der Waals surface area contributed by atoms with Crippen LogP contribution in [0.3, 0.4) is 0 Å². The van der Waals surface area contributed by atoms with Crippen molar-refractivity contribution >= 4 is 43.0 Å². The van der Waals surface area contributed by atoms with E-state index in [4.69, 9.17) is 4.42 Å². The van der Waals surface area contributed by atoms with Crippen LogP contribution in [0.4, 0.5) is 0 Å². The number of H-pyrrole nitrogens is 1. The molecule has 0 atom stereocenters. The summed E-state index contributed by atoms with van der Waals surface area (Å²) in [6, 6.07) is 5.78. The van der Waals surface area contributed by atoms with Crippen molar-refractivity contribution in [3.8, 4) is 0 Å². The smallest absolute Gasteiger partial charge is 0.209 e. The van der Waals surface area contributed by atoms with Crippen LogP contribution >= 0.6 is 31.9 Å². The van der Waals surface area contributed by atoms with Crippen LogP contribution in [-0.4, -0.2) is 15.2 Å². The Hall–Kier alpha value is -1.18. The van der Waals surface area contributed by atoms with Crippen LogP contribution in [0.2, 0.25) is 0 Å². The maximum absolute atomic E-state index is 5.64. The van der Waals surface area contributed by atoms with Crippen molar-refractivity contribution in [3.63, 3.8) is 0 Å². The van der Waals surface area contributed by atoms with Gasteiger partial charge in [-0.2, -0.15) is 5.10 Å². The van der Waals surface area contributed by atoms with Gasteiger partial charge in [-0.25, -0.2) is 4.98 Å². The Labute approximate surface area is 126 Å². The van der Waals surface area contributed by atoms with Crippen LogP contribution < -0.4 is 5.32 Å². The van der Waals surface area contributed by atoms with E-state index in [-0.39, 0.29) is 0 Å². The van der Waals surface area contributed by atoms with Gasteiger partial charge in [-0.15, -0.1) is 0 Å². The van der Waals surface area contributed by atoms with Crippen molar-refractivity contribution < 1.29 is 4.42 Å². The summed E-state index contributed by atoms with van der Waals surface area (Å²) in [5.41, 5.74) is 2.65. The minimum atomic E-state index is 0.567. The van der Waals surface area contributed by atoms with Gasteiger partial charge in [0.25, 0.3) is 0 Å². The minimum Gasteiger partial charge on any atom is -0.439 e. The van der Waals surface area contributed by atoms with Crippen molar-refractivity contribution in [3.05, 3.63) is 44.9 Å². The topological polar surface area (TPSA) is 66.7 Å². The zero-order valence-electron chi connectivity index (χ0n) is 9.78. The molecule has 2 aromatic heterocycles. The molecule has 0 bridgehead atoms. The lowest BCUT2D eigenvalue weighted by atomic mass is 10.3. The lowest BCUT2D eigenvalue weighted by molar-refractivity contribution is 0.493. The maximum atomic E-state index is 5.64. The molecule has 0 aliphatic heterocycles. The predicted molar refractivity (Wildman–Crippen MR) is 78.5 cm³/mol. The van der Waals surface area contributed by atoms with Crippen LogP contribution in [-0.2, 0) is 13.1 Å². The molecule has 0 spiro atoms. The largest absolute Gasteiger partial charge is 0.439 e. The molecule has 2 N–H and O–H groups in total. The van der Waals surface area contributed by atoms with E-state index in [9.17, 15) is 0 Å². The number of aromatic nitrogens is 3. The van der Waals surface area contributed by atoms with E-state index in [2.05, 4.69) is 52.4 Å². The lowest BCUT2D eigenvalue weighted by Gasteiger charge is -1.99. The van der Waals surface area contributed by atoms with Gasteiger partial charge in [-0.1, -0.05) is 15.9 Å². The summed E-state index contributed by atoms with van der Waals surface area (Å²) in [6.45, 7) is 1.24. The highest BCUT2D eigenvalue weighted by molar-refractivity contribution is 9.10. The van der Waals surface area contributed by atoms with E-state index < -0.39 is 0 Å². The molecule has 7 heteroatoms. The number of rotatable bonds is 4. The molecular weight excluding hydrogens is 376 g/mol. The molecule has 3 rings (SSSR count). The van der Waals surface area contributed by atoms with Crippen LogP contribution in [0.25, 0.3) is 11.1 Å². The molecule has 0 saturated carbocycles. The summed E-state index contributed by atoms with van der Waals surface area (Å²) >= 11 is 6.83. The highest BCUT2D eigenvalue weighted by atomic mass is 79.9. The first-order valence-electron chi connectivity index (χ1n) is 5.66. The summed E-state index contributed by atoms with van der Waals surface area (Å²) in [6.07, 6.45) is 1.73. The fraction of sp³-hybridized carbons (Fsp3) is 0.167. The van der Waals surface area contributed by atoms with Gasteiger partial charge in [0.15, 0.2) is 5.58 Å². The molecular formula is C12H10Br2N4O. The SMILES string of the molecule is Brc1ccc2oc(CNCc3[nH]ncc3Br)nc2c1. The summed E-state index contributed by atoms with van der Waals surface area (Å²) in [5.74, 6) is 0.670. The van der Waals surface area contributed by atoms with Crippen molar-refractivity contribution in [2.45, 2.75) is 13.1 Å². The first kappa shape index (κ1) is 12.8. The van der Waals surface area contributed by atoms with Crippen LogP contribution in [0, 0.1) is 0 Å². The van der Waals surface area contributed by atoms with Gasteiger partial charge in [0, 0.05) is 11.0 Å². The Morgan fingerprint density at radius 3 is 2.95 bits per heavy atom. The first-order chi connectivity index (χ1) is 9.22. The summed E-state index contributed by atoms with van der Waals surface area (Å²) in [5, 5.41) is 10.1. The number of oxazole rings is 1. The molecule has 1 aromatic carbocycles. The lowest BCUT2D eigenvalue weighted by Crippen LogP contribution is -2.13. The van der Waals surface area contributed by atoms with Crippen molar-refractivity contribution in [1.29, 1.82) is 0 Å². The third-order valence-electron chi connectivity index (χ3n) is 2.64. The zero-order valence-corrected chi connectivity index (χ0v) is 13.0. The highest BCUT2D eigenvalue weighted by Gasteiger charge is 2.06. The predicted octanol–water partition coefficient (Wildman–Crippen LogP) is 3.37. The molecule has 19 heavy (non-hydrogen) atoms. The molecule has 0 amide bonds. The normalized spacial score (nSPS) is 11.3. The Bertz CT molecular complexity index is 707. The fourth-order valence-electron chi connectivity index (χ4n) is 1.74. The van der Waals surface area contributed by atoms with Crippen LogP contribution in [0.15, 0.2) is 37.8 Å². The number of hydrogen-bond acceptors (Lipinski definition) is 4. The molecule has 5 nitrogen and oxygen atoms in total. The quantitative estimate of drug-likeness (QED) is 0.722. The van der Waals surface area contributed by atoms with E-state index in [1.165, 1.54) is 0 Å². The molecule has 0 radical (unpaired) electrons. The average Bonchev–Trinajstić information content (AvgIpc) is 2.95. The number of nitrogens with one attached hydrogen (secondary N) is 2. The number of hydrogen-bond donors (Lipinski definition) is 2. The molecule has 0 fully saturated rings. The second-order valence-electron chi connectivity index (χ2n) is 4.02. The fourth-order valence-corrected chi connectivity index (χ4v) is 2.42. The number of fused-ring (bicyclic) bond motifs is 1. The second-order valence-corrected chi connectivity index (χ2v) is 5.79. The molecule has 0 aliphatic carbocycles. The number of aromatic amines is 1. The standard InChI is InChI=1S/C12H10Br2N4O/c13-7-1-2-11-9(3-7)17-12(19-11)6-15-5-10-8(14)4-16-18-10/h1-4,15H,5-6H2,(H,16,18). The second kappa shape index (κ2) is 5.44. The van der Waals surface area contributed by atoms with Crippen molar-refractivity contribution in [2.24, 2.45) is 0 Å². The van der Waals surface area contributed by atoms with E-state index >= 15 is 0 Å². The zero-order chi connectivity index (χ0) is 13.2. The van der Waals surface area contributed by atoms with Crippen LogP contribution in [0.1, 0.15) is 11.6 Å². The van der Waals surface area contributed by atoms with Gasteiger partial charge in [0.2, 0.25) is 5.89 Å². The monoisotopic (exact) mass is 384 g/mol. The Balaban J connectivity index is 1.67. The van der Waals surface area contributed by atoms with Gasteiger partial charge >= 0.3 is 0 Å². The third-order valence-corrected chi connectivity index (χ3v) is 3.81. The minimum absolute atomic E-state index is 0.567. The Morgan fingerprint density at radius 1 is 1.26 bits per heavy atom. The summed E-state index contributed by atoms with van der Waals surface area (Å²) in [4.78, 5) is 4.42. The molecule has 3 aromatic rings. The van der Waals surface area contributed by atoms with Crippen LogP contribution in [0.5, 0.6) is 0 Å². The number of halogens is 2. The van der Waals surface area contributed by atoms with E-state index in [1.807, 2.05) is 18.2 Å². The van der Waals surface area contributed by atoms with Gasteiger partial charge in [-0.3, -0.25) is 5.10 Å². The Morgan fingerprint density at radius 2 is 2.16 bits per heavy atom. The summed E-state index contributed by atoms with van der Waals surface area (Å²) in [7, 11) is 0. The number of nitrogens with zero attached hydrogens (tertiary/aromatic N) is 2. The van der Waals surface area contributed by atoms with Gasteiger partial charge in [-0.05, 0) is 34.1 Å². The van der Waals surface area contributed by atoms with Crippen molar-refractivity contribution in [2.75, 3.05) is 0 Å². The molecule has 98 valence electrons. The Kier molecular flexibility index (Phi) is 3.67. The van der Waals surface area contributed by atoms with E-state index in [1.54, 1.807) is 6.20 Å². The molecule has 2 heterocycles. The van der Waals surface area contributed by atoms with E-state index in [0.29, 0.717) is 19.0 Å². The maximum Gasteiger partial charge on any atom is 0.209 e. The molecule has 0 aliphatic rings.